The minimum Gasteiger partial charge on any atom is -0.331 e. The molecule has 0 fully saturated rings. The second kappa shape index (κ2) is 8.21. The van der Waals surface area contributed by atoms with E-state index in [1.807, 2.05) is 49.4 Å². The van der Waals surface area contributed by atoms with Gasteiger partial charge in [-0.3, -0.25) is 4.79 Å². The van der Waals surface area contributed by atoms with Crippen molar-refractivity contribution in [1.82, 2.24) is 15.5 Å². The lowest BCUT2D eigenvalue weighted by molar-refractivity contribution is 0.102. The minimum absolute atomic E-state index is 0.188. The van der Waals surface area contributed by atoms with Crippen molar-refractivity contribution in [3.63, 3.8) is 0 Å². The molecule has 132 valence electrons. The van der Waals surface area contributed by atoms with Crippen LogP contribution >= 0.6 is 11.3 Å². The SMILES string of the molecule is Cc1ccc(NC(=O)NCc2nnc(C(=O)Nc3ccccc3)s2)cc1. The topological polar surface area (TPSA) is 96.0 Å². The van der Waals surface area contributed by atoms with Crippen LogP contribution < -0.4 is 16.0 Å². The summed E-state index contributed by atoms with van der Waals surface area (Å²) in [5, 5.41) is 16.7. The molecule has 8 heteroatoms. The predicted molar refractivity (Wildman–Crippen MR) is 101 cm³/mol. The Kier molecular flexibility index (Phi) is 5.55. The number of carbonyl (C=O) groups is 2. The fraction of sp³-hybridized carbons (Fsp3) is 0.111. The van der Waals surface area contributed by atoms with Crippen LogP contribution in [0.15, 0.2) is 54.6 Å². The van der Waals surface area contributed by atoms with Crippen LogP contribution in [0.2, 0.25) is 0 Å². The number of hydrogen-bond acceptors (Lipinski definition) is 5. The number of amides is 3. The molecule has 3 N–H and O–H groups in total. The van der Waals surface area contributed by atoms with E-state index in [1.165, 1.54) is 0 Å². The second-order valence-corrected chi connectivity index (χ2v) is 6.56. The number of nitrogens with one attached hydrogen (secondary N) is 3. The molecule has 7 nitrogen and oxygen atoms in total. The first kappa shape index (κ1) is 17.6. The zero-order valence-corrected chi connectivity index (χ0v) is 14.8. The maximum absolute atomic E-state index is 12.1. The molecule has 26 heavy (non-hydrogen) atoms. The van der Waals surface area contributed by atoms with E-state index in [0.717, 1.165) is 16.9 Å². The molecular weight excluding hydrogens is 350 g/mol. The monoisotopic (exact) mass is 367 g/mol. The maximum atomic E-state index is 12.1. The third-order valence-electron chi connectivity index (χ3n) is 3.40. The van der Waals surface area contributed by atoms with Gasteiger partial charge in [-0.2, -0.15) is 0 Å². The van der Waals surface area contributed by atoms with Crippen LogP contribution in [0.5, 0.6) is 0 Å². The van der Waals surface area contributed by atoms with Crippen molar-refractivity contribution in [2.24, 2.45) is 0 Å². The molecule has 0 saturated heterocycles. The van der Waals surface area contributed by atoms with Gasteiger partial charge in [0, 0.05) is 11.4 Å². The summed E-state index contributed by atoms with van der Waals surface area (Å²) >= 11 is 1.13. The molecule has 0 radical (unpaired) electrons. The summed E-state index contributed by atoms with van der Waals surface area (Å²) in [6.45, 7) is 2.17. The molecule has 0 aliphatic rings. The Balaban J connectivity index is 1.51. The zero-order valence-electron chi connectivity index (χ0n) is 14.0. The average Bonchev–Trinajstić information content (AvgIpc) is 3.12. The van der Waals surface area contributed by atoms with E-state index in [4.69, 9.17) is 0 Å². The van der Waals surface area contributed by atoms with Gasteiger partial charge >= 0.3 is 6.03 Å². The Morgan fingerprint density at radius 2 is 1.62 bits per heavy atom. The number of aryl methyl sites for hydroxylation is 1. The third kappa shape index (κ3) is 4.87. The molecule has 2 aromatic carbocycles. The standard InChI is InChI=1S/C18H17N5O2S/c1-12-7-9-14(10-8-12)21-18(25)19-11-15-22-23-17(26-15)16(24)20-13-5-3-2-4-6-13/h2-10H,11H2,1H3,(H,20,24)(H2,19,21,25). The number of anilines is 2. The molecule has 0 aliphatic carbocycles. The number of rotatable bonds is 5. The van der Waals surface area contributed by atoms with Crippen LogP contribution in [-0.4, -0.2) is 22.1 Å². The zero-order chi connectivity index (χ0) is 18.4. The Morgan fingerprint density at radius 1 is 0.923 bits per heavy atom. The molecule has 0 spiro atoms. The van der Waals surface area contributed by atoms with Gasteiger partial charge < -0.3 is 16.0 Å². The Labute approximate surface area is 154 Å². The van der Waals surface area contributed by atoms with Gasteiger partial charge in [-0.1, -0.05) is 47.2 Å². The summed E-state index contributed by atoms with van der Waals surface area (Å²) in [5.41, 5.74) is 2.50. The van der Waals surface area contributed by atoms with Crippen molar-refractivity contribution >= 4 is 34.6 Å². The van der Waals surface area contributed by atoms with E-state index < -0.39 is 0 Å². The summed E-state index contributed by atoms with van der Waals surface area (Å²) in [6.07, 6.45) is 0. The van der Waals surface area contributed by atoms with Gasteiger partial charge in [0.05, 0.1) is 6.54 Å². The van der Waals surface area contributed by atoms with Crippen molar-refractivity contribution in [3.8, 4) is 0 Å². The molecule has 3 aromatic rings. The van der Waals surface area contributed by atoms with E-state index in [1.54, 1.807) is 12.1 Å². The number of benzene rings is 2. The highest BCUT2D eigenvalue weighted by Crippen LogP contribution is 2.13. The van der Waals surface area contributed by atoms with Gasteiger partial charge in [-0.25, -0.2) is 4.79 Å². The largest absolute Gasteiger partial charge is 0.331 e. The van der Waals surface area contributed by atoms with Crippen LogP contribution in [0.4, 0.5) is 16.2 Å². The van der Waals surface area contributed by atoms with Crippen LogP contribution in [0.1, 0.15) is 20.4 Å². The number of hydrogen-bond donors (Lipinski definition) is 3. The highest BCUT2D eigenvalue weighted by Gasteiger charge is 2.13. The number of nitrogens with zero attached hydrogens (tertiary/aromatic N) is 2. The maximum Gasteiger partial charge on any atom is 0.319 e. The predicted octanol–water partition coefficient (Wildman–Crippen LogP) is 3.42. The van der Waals surface area contributed by atoms with Gasteiger partial charge in [0.2, 0.25) is 5.01 Å². The number of carbonyl (C=O) groups excluding carboxylic acids is 2. The lowest BCUT2D eigenvalue weighted by atomic mass is 10.2. The number of urea groups is 1. The van der Waals surface area contributed by atoms with Crippen LogP contribution in [-0.2, 0) is 6.54 Å². The molecule has 1 aromatic heterocycles. The second-order valence-electron chi connectivity index (χ2n) is 5.49. The highest BCUT2D eigenvalue weighted by atomic mass is 32.1. The minimum atomic E-state index is -0.348. The normalized spacial score (nSPS) is 10.2. The summed E-state index contributed by atoms with van der Waals surface area (Å²) in [5.74, 6) is -0.330. The van der Waals surface area contributed by atoms with Crippen molar-refractivity contribution < 1.29 is 9.59 Å². The van der Waals surface area contributed by atoms with Crippen molar-refractivity contribution in [2.45, 2.75) is 13.5 Å². The lowest BCUT2D eigenvalue weighted by Crippen LogP contribution is -2.28. The van der Waals surface area contributed by atoms with E-state index in [2.05, 4.69) is 26.1 Å². The van der Waals surface area contributed by atoms with E-state index >= 15 is 0 Å². The van der Waals surface area contributed by atoms with E-state index in [0.29, 0.717) is 16.4 Å². The highest BCUT2D eigenvalue weighted by molar-refractivity contribution is 7.13. The van der Waals surface area contributed by atoms with Gasteiger partial charge in [-0.15, -0.1) is 10.2 Å². The molecule has 3 amide bonds. The first-order chi connectivity index (χ1) is 12.6. The smallest absolute Gasteiger partial charge is 0.319 e. The molecule has 0 atom stereocenters. The molecule has 0 aliphatic heterocycles. The fourth-order valence-corrected chi connectivity index (χ4v) is 2.77. The van der Waals surface area contributed by atoms with Crippen molar-refractivity contribution in [2.75, 3.05) is 10.6 Å². The first-order valence-electron chi connectivity index (χ1n) is 7.90. The molecule has 0 bridgehead atoms. The van der Waals surface area contributed by atoms with Gasteiger partial charge in [0.1, 0.15) is 5.01 Å². The lowest BCUT2D eigenvalue weighted by Gasteiger charge is -2.06. The molecule has 3 rings (SSSR count). The van der Waals surface area contributed by atoms with Crippen LogP contribution in [0.3, 0.4) is 0 Å². The molecule has 1 heterocycles. The van der Waals surface area contributed by atoms with Crippen LogP contribution in [0, 0.1) is 6.92 Å². The molecular formula is C18H17N5O2S. The summed E-state index contributed by atoms with van der Waals surface area (Å²) in [7, 11) is 0. The Hall–Kier alpha value is -3.26. The summed E-state index contributed by atoms with van der Waals surface area (Å²) in [4.78, 5) is 24.0. The third-order valence-corrected chi connectivity index (χ3v) is 4.32. The van der Waals surface area contributed by atoms with Gasteiger partial charge in [0.15, 0.2) is 0 Å². The van der Waals surface area contributed by atoms with E-state index in [-0.39, 0.29) is 23.5 Å². The number of para-hydroxylation sites is 1. The fourth-order valence-electron chi connectivity index (χ4n) is 2.09. The summed E-state index contributed by atoms with van der Waals surface area (Å²) in [6, 6.07) is 16.2. The van der Waals surface area contributed by atoms with E-state index in [9.17, 15) is 9.59 Å². The molecule has 0 unspecified atom stereocenters. The number of aromatic nitrogens is 2. The average molecular weight is 367 g/mol. The Bertz CT molecular complexity index is 893. The van der Waals surface area contributed by atoms with Crippen molar-refractivity contribution in [1.29, 1.82) is 0 Å². The van der Waals surface area contributed by atoms with Crippen LogP contribution in [0.25, 0.3) is 0 Å². The van der Waals surface area contributed by atoms with Gasteiger partial charge in [-0.05, 0) is 31.2 Å². The van der Waals surface area contributed by atoms with Crippen molar-refractivity contribution in [3.05, 3.63) is 70.2 Å². The summed E-state index contributed by atoms with van der Waals surface area (Å²) < 4.78 is 0. The quantitative estimate of drug-likeness (QED) is 0.644. The Morgan fingerprint density at radius 3 is 2.35 bits per heavy atom. The first-order valence-corrected chi connectivity index (χ1v) is 8.72. The van der Waals surface area contributed by atoms with Gasteiger partial charge in [0.25, 0.3) is 5.91 Å². The molecule has 0 saturated carbocycles.